The van der Waals surface area contributed by atoms with E-state index in [1.165, 1.54) is 10.7 Å². The van der Waals surface area contributed by atoms with E-state index in [1.807, 2.05) is 47.8 Å². The molecule has 0 spiro atoms. The maximum Gasteiger partial charge on any atom is 0.266 e. The number of nitrogens with one attached hydrogen (secondary N) is 1. The van der Waals surface area contributed by atoms with Crippen LogP contribution in [0, 0.1) is 0 Å². The number of hydrogen-bond donors (Lipinski definition) is 1. The van der Waals surface area contributed by atoms with Crippen molar-refractivity contribution in [1.29, 1.82) is 0 Å². The molecule has 0 bridgehead atoms. The van der Waals surface area contributed by atoms with Crippen LogP contribution in [-0.4, -0.2) is 22.2 Å². The maximum absolute atomic E-state index is 12.4. The Morgan fingerprint density at radius 2 is 1.70 bits per heavy atom. The van der Waals surface area contributed by atoms with Crippen molar-refractivity contribution in [2.45, 2.75) is 6.54 Å². The molecule has 0 aliphatic rings. The van der Waals surface area contributed by atoms with Gasteiger partial charge in [-0.25, -0.2) is 4.68 Å². The fourth-order valence-electron chi connectivity index (χ4n) is 2.84. The Kier molecular flexibility index (Phi) is 6.01. The second kappa shape index (κ2) is 9.19. The number of hydrogen-bond acceptors (Lipinski definition) is 5. The zero-order chi connectivity index (χ0) is 20.8. The Bertz CT molecular complexity index is 1170. The predicted octanol–water partition coefficient (Wildman–Crippen LogP) is 4.19. The highest BCUT2D eigenvalue weighted by Crippen LogP contribution is 2.22. The Hall–Kier alpha value is -3.71. The fourth-order valence-corrected chi connectivity index (χ4v) is 3.53. The number of amides is 1. The molecule has 7 heteroatoms. The lowest BCUT2D eigenvalue weighted by atomic mass is 10.2. The van der Waals surface area contributed by atoms with Gasteiger partial charge in [-0.1, -0.05) is 24.3 Å². The summed E-state index contributed by atoms with van der Waals surface area (Å²) in [5.74, 6) is 1.17. The number of benzene rings is 2. The second-order valence-electron chi connectivity index (χ2n) is 6.45. The van der Waals surface area contributed by atoms with E-state index in [2.05, 4.69) is 10.4 Å². The smallest absolute Gasteiger partial charge is 0.266 e. The van der Waals surface area contributed by atoms with Crippen LogP contribution in [0.2, 0.25) is 0 Å². The van der Waals surface area contributed by atoms with Gasteiger partial charge in [-0.2, -0.15) is 5.10 Å². The SMILES string of the molecule is O=C(NCCn1nc(-c2cccs2)ccc1=O)c1ccc(Oc2ccccc2)cc1. The summed E-state index contributed by atoms with van der Waals surface area (Å²) in [6, 6.07) is 23.4. The molecule has 0 unspecified atom stereocenters. The van der Waals surface area contributed by atoms with Gasteiger partial charge in [0.05, 0.1) is 11.4 Å². The molecule has 0 radical (unpaired) electrons. The van der Waals surface area contributed by atoms with Gasteiger partial charge >= 0.3 is 0 Å². The minimum atomic E-state index is -0.219. The molecule has 0 saturated heterocycles. The lowest BCUT2D eigenvalue weighted by Gasteiger charge is -2.09. The molecular formula is C23H19N3O3S. The zero-order valence-corrected chi connectivity index (χ0v) is 16.8. The van der Waals surface area contributed by atoms with Gasteiger partial charge in [-0.05, 0) is 53.9 Å². The molecule has 0 fully saturated rings. The van der Waals surface area contributed by atoms with E-state index in [9.17, 15) is 9.59 Å². The van der Waals surface area contributed by atoms with Crippen LogP contribution in [0.5, 0.6) is 11.5 Å². The molecular weight excluding hydrogens is 398 g/mol. The van der Waals surface area contributed by atoms with Crippen LogP contribution in [0.4, 0.5) is 0 Å². The summed E-state index contributed by atoms with van der Waals surface area (Å²) in [5.41, 5.74) is 1.06. The molecule has 0 aliphatic heterocycles. The van der Waals surface area contributed by atoms with Gasteiger partial charge in [0.25, 0.3) is 11.5 Å². The van der Waals surface area contributed by atoms with Gasteiger partial charge in [0.15, 0.2) is 0 Å². The molecule has 0 atom stereocenters. The first-order valence-electron chi connectivity index (χ1n) is 9.42. The number of nitrogens with zero attached hydrogens (tertiary/aromatic N) is 2. The van der Waals surface area contributed by atoms with E-state index in [4.69, 9.17) is 4.74 Å². The van der Waals surface area contributed by atoms with Gasteiger partial charge in [-0.15, -0.1) is 11.3 Å². The fraction of sp³-hybridized carbons (Fsp3) is 0.0870. The molecule has 2 heterocycles. The zero-order valence-electron chi connectivity index (χ0n) is 16.0. The Labute approximate surface area is 177 Å². The molecule has 0 saturated carbocycles. The van der Waals surface area contributed by atoms with Crippen LogP contribution >= 0.6 is 11.3 Å². The third-order valence-corrected chi connectivity index (χ3v) is 5.24. The summed E-state index contributed by atoms with van der Waals surface area (Å²) in [6.45, 7) is 0.584. The molecule has 0 aliphatic carbocycles. The van der Waals surface area contributed by atoms with Crippen molar-refractivity contribution in [3.63, 3.8) is 0 Å². The molecule has 30 heavy (non-hydrogen) atoms. The molecule has 6 nitrogen and oxygen atoms in total. The van der Waals surface area contributed by atoms with E-state index < -0.39 is 0 Å². The highest BCUT2D eigenvalue weighted by atomic mass is 32.1. The average molecular weight is 417 g/mol. The minimum Gasteiger partial charge on any atom is -0.457 e. The van der Waals surface area contributed by atoms with Gasteiger partial charge in [-0.3, -0.25) is 9.59 Å². The van der Waals surface area contributed by atoms with E-state index in [-0.39, 0.29) is 11.5 Å². The van der Waals surface area contributed by atoms with Crippen molar-refractivity contribution in [2.75, 3.05) is 6.54 Å². The molecule has 4 aromatic rings. The van der Waals surface area contributed by atoms with Crippen LogP contribution in [0.1, 0.15) is 10.4 Å². The van der Waals surface area contributed by atoms with Crippen molar-refractivity contribution < 1.29 is 9.53 Å². The largest absolute Gasteiger partial charge is 0.457 e. The summed E-state index contributed by atoms with van der Waals surface area (Å²) in [4.78, 5) is 25.4. The second-order valence-corrected chi connectivity index (χ2v) is 7.40. The van der Waals surface area contributed by atoms with Gasteiger partial charge in [0.2, 0.25) is 0 Å². The van der Waals surface area contributed by atoms with Crippen molar-refractivity contribution >= 4 is 17.2 Å². The number of rotatable bonds is 7. The molecule has 1 amide bonds. The molecule has 2 aromatic heterocycles. The standard InChI is InChI=1S/C23H19N3O3S/c27-22-13-12-20(21-7-4-16-30-21)25-26(22)15-14-24-23(28)17-8-10-19(11-9-17)29-18-5-2-1-3-6-18/h1-13,16H,14-15H2,(H,24,28). The highest BCUT2D eigenvalue weighted by Gasteiger charge is 2.08. The van der Waals surface area contributed by atoms with Crippen molar-refractivity contribution in [2.24, 2.45) is 0 Å². The third kappa shape index (κ3) is 4.82. The van der Waals surface area contributed by atoms with Gasteiger partial charge in [0.1, 0.15) is 17.2 Å². The van der Waals surface area contributed by atoms with E-state index in [0.717, 1.165) is 16.3 Å². The number of thiophene rings is 1. The maximum atomic E-state index is 12.4. The quantitative estimate of drug-likeness (QED) is 0.489. The van der Waals surface area contributed by atoms with E-state index in [1.54, 1.807) is 41.7 Å². The van der Waals surface area contributed by atoms with Crippen molar-refractivity contribution in [3.8, 4) is 22.1 Å². The van der Waals surface area contributed by atoms with Gasteiger partial charge in [0, 0.05) is 18.2 Å². The molecule has 2 aromatic carbocycles. The first kappa shape index (κ1) is 19.6. The van der Waals surface area contributed by atoms with Crippen molar-refractivity contribution in [3.05, 3.63) is 100 Å². The summed E-state index contributed by atoms with van der Waals surface area (Å²) in [7, 11) is 0. The van der Waals surface area contributed by atoms with Crippen LogP contribution in [0.15, 0.2) is 89.0 Å². The topological polar surface area (TPSA) is 73.2 Å². The Morgan fingerprint density at radius 3 is 2.43 bits per heavy atom. The van der Waals surface area contributed by atoms with Crippen LogP contribution in [0.3, 0.4) is 0 Å². The number of para-hydroxylation sites is 1. The first-order chi connectivity index (χ1) is 14.7. The Morgan fingerprint density at radius 1 is 0.933 bits per heavy atom. The molecule has 150 valence electrons. The summed E-state index contributed by atoms with van der Waals surface area (Å²) in [5, 5.41) is 9.16. The number of carbonyl (C=O) groups is 1. The summed E-state index contributed by atoms with van der Waals surface area (Å²) >= 11 is 1.56. The van der Waals surface area contributed by atoms with Crippen LogP contribution < -0.4 is 15.6 Å². The predicted molar refractivity (Wildman–Crippen MR) is 117 cm³/mol. The normalized spacial score (nSPS) is 10.5. The van der Waals surface area contributed by atoms with E-state index >= 15 is 0 Å². The third-order valence-electron chi connectivity index (χ3n) is 4.34. The van der Waals surface area contributed by atoms with Crippen LogP contribution in [0.25, 0.3) is 10.6 Å². The van der Waals surface area contributed by atoms with Gasteiger partial charge < -0.3 is 10.1 Å². The lowest BCUT2D eigenvalue weighted by molar-refractivity contribution is 0.0951. The summed E-state index contributed by atoms with van der Waals surface area (Å²) < 4.78 is 7.10. The minimum absolute atomic E-state index is 0.202. The first-order valence-corrected chi connectivity index (χ1v) is 10.3. The number of ether oxygens (including phenoxy) is 1. The average Bonchev–Trinajstić information content (AvgIpc) is 3.31. The monoisotopic (exact) mass is 417 g/mol. The molecule has 1 N–H and O–H groups in total. The number of carbonyl (C=O) groups excluding carboxylic acids is 1. The van der Waals surface area contributed by atoms with E-state index in [0.29, 0.717) is 24.4 Å². The Balaban J connectivity index is 1.34. The van der Waals surface area contributed by atoms with Crippen LogP contribution in [-0.2, 0) is 6.54 Å². The molecule has 4 rings (SSSR count). The number of aromatic nitrogens is 2. The summed E-state index contributed by atoms with van der Waals surface area (Å²) in [6.07, 6.45) is 0. The van der Waals surface area contributed by atoms with Crippen molar-refractivity contribution in [1.82, 2.24) is 15.1 Å². The lowest BCUT2D eigenvalue weighted by Crippen LogP contribution is -2.31. The highest BCUT2D eigenvalue weighted by molar-refractivity contribution is 7.13.